The van der Waals surface area contributed by atoms with Crippen LogP contribution >= 0.6 is 0 Å². The summed E-state index contributed by atoms with van der Waals surface area (Å²) in [6.07, 6.45) is 5.32. The third-order valence-corrected chi connectivity index (χ3v) is 3.84. The average Bonchev–Trinajstić information content (AvgIpc) is 2.57. The predicted octanol–water partition coefficient (Wildman–Crippen LogP) is 0.785. The van der Waals surface area contributed by atoms with Gasteiger partial charge in [0.1, 0.15) is 12.2 Å². The van der Waals surface area contributed by atoms with Gasteiger partial charge in [-0.15, -0.1) is 0 Å². The van der Waals surface area contributed by atoms with E-state index in [0.717, 1.165) is 19.6 Å². The Morgan fingerprint density at radius 1 is 1.05 bits per heavy atom. The monoisotopic (exact) mass is 312 g/mol. The van der Waals surface area contributed by atoms with Crippen LogP contribution in [0.5, 0.6) is 0 Å². The highest BCUT2D eigenvalue weighted by molar-refractivity contribution is 5.76. The van der Waals surface area contributed by atoms with Crippen LogP contribution < -0.4 is 17.3 Å². The van der Waals surface area contributed by atoms with Crippen LogP contribution in [0.25, 0.3) is 6.08 Å². The van der Waals surface area contributed by atoms with Crippen LogP contribution in [0.4, 0.5) is 5.69 Å². The zero-order valence-electron chi connectivity index (χ0n) is 12.7. The number of hydrogen-bond acceptors (Lipinski definition) is 1. The fraction of sp³-hybridized carbons (Fsp3) is 0.211. The molecule has 0 unspecified atom stereocenters. The first kappa shape index (κ1) is 16.3. The molecule has 3 rings (SSSR count). The molecule has 2 nitrogen and oxygen atoms in total. The molecule has 2 aromatic carbocycles. The Hall–Kier alpha value is -2.06. The summed E-state index contributed by atoms with van der Waals surface area (Å²) in [6, 6.07) is 19.2. The first-order chi connectivity index (χ1) is 10.3. The number of anilines is 1. The molecule has 1 aliphatic heterocycles. The van der Waals surface area contributed by atoms with E-state index in [1.165, 1.54) is 23.2 Å². The zero-order valence-corrected chi connectivity index (χ0v) is 13.4. The third kappa shape index (κ3) is 3.99. The van der Waals surface area contributed by atoms with Gasteiger partial charge in [0.15, 0.2) is 0 Å². The maximum atomic E-state index is 3.80. The summed E-state index contributed by atoms with van der Waals surface area (Å²) in [4.78, 5) is 2.33. The van der Waals surface area contributed by atoms with Crippen molar-refractivity contribution in [3.63, 3.8) is 0 Å². The lowest BCUT2D eigenvalue weighted by Crippen LogP contribution is -3.00. The molecule has 1 heterocycles. The van der Waals surface area contributed by atoms with E-state index in [4.69, 9.17) is 0 Å². The van der Waals surface area contributed by atoms with Gasteiger partial charge in [0, 0.05) is 6.42 Å². The average molecular weight is 313 g/mol. The van der Waals surface area contributed by atoms with Crippen molar-refractivity contribution in [2.75, 3.05) is 18.0 Å². The van der Waals surface area contributed by atoms with Crippen molar-refractivity contribution in [2.24, 2.45) is 0 Å². The highest BCUT2D eigenvalue weighted by Gasteiger charge is 2.18. The van der Waals surface area contributed by atoms with E-state index < -0.39 is 0 Å². The minimum absolute atomic E-state index is 0. The Bertz CT molecular complexity index is 632. The van der Waals surface area contributed by atoms with Gasteiger partial charge in [-0.3, -0.25) is 4.58 Å². The Morgan fingerprint density at radius 3 is 2.45 bits per heavy atom. The van der Waals surface area contributed by atoms with Gasteiger partial charge >= 0.3 is 0 Å². The maximum absolute atomic E-state index is 3.80. The fourth-order valence-electron chi connectivity index (χ4n) is 2.69. The van der Waals surface area contributed by atoms with Crippen molar-refractivity contribution >= 4 is 18.1 Å². The highest BCUT2D eigenvalue weighted by Crippen LogP contribution is 2.15. The first-order valence-electron chi connectivity index (χ1n) is 7.47. The number of para-hydroxylation sites is 1. The molecule has 0 amide bonds. The van der Waals surface area contributed by atoms with Gasteiger partial charge in [-0.2, -0.15) is 0 Å². The van der Waals surface area contributed by atoms with Gasteiger partial charge in [-0.05, 0) is 23.3 Å². The second-order valence-corrected chi connectivity index (χ2v) is 5.41. The summed E-state index contributed by atoms with van der Waals surface area (Å²) in [6.45, 7) is 6.97. The molecule has 114 valence electrons. The Labute approximate surface area is 138 Å². The van der Waals surface area contributed by atoms with Crippen molar-refractivity contribution in [1.29, 1.82) is 0 Å². The summed E-state index contributed by atoms with van der Waals surface area (Å²) in [5, 5.41) is 0. The van der Waals surface area contributed by atoms with Gasteiger partial charge in [0.2, 0.25) is 6.34 Å². The lowest BCUT2D eigenvalue weighted by molar-refractivity contribution is -0.543. The van der Waals surface area contributed by atoms with Gasteiger partial charge in [0.25, 0.3) is 0 Å². The van der Waals surface area contributed by atoms with Crippen molar-refractivity contribution in [2.45, 2.75) is 13.0 Å². The van der Waals surface area contributed by atoms with Crippen LogP contribution in [0.15, 0.2) is 61.2 Å². The van der Waals surface area contributed by atoms with E-state index in [1.807, 2.05) is 6.08 Å². The minimum atomic E-state index is 0. The molecule has 0 radical (unpaired) electrons. The number of benzene rings is 2. The normalized spacial score (nSPS) is 14.0. The van der Waals surface area contributed by atoms with Crippen molar-refractivity contribution in [3.8, 4) is 0 Å². The molecular weight excluding hydrogens is 292 g/mol. The van der Waals surface area contributed by atoms with Gasteiger partial charge in [0.05, 0.1) is 13.1 Å². The maximum Gasteiger partial charge on any atom is 0.239 e. The molecule has 0 atom stereocenters. The first-order valence-corrected chi connectivity index (χ1v) is 7.47. The van der Waals surface area contributed by atoms with Crippen LogP contribution in [-0.4, -0.2) is 24.0 Å². The SMILES string of the molecule is C=Cc1ccc(C[N+]2=CN(c3ccccc3)CCC2)cc1.[Cl-]. The zero-order chi connectivity index (χ0) is 14.5. The second-order valence-electron chi connectivity index (χ2n) is 5.41. The smallest absolute Gasteiger partial charge is 0.239 e. The van der Waals surface area contributed by atoms with Gasteiger partial charge in [-0.25, -0.2) is 4.90 Å². The third-order valence-electron chi connectivity index (χ3n) is 3.84. The largest absolute Gasteiger partial charge is 1.00 e. The molecule has 0 aliphatic carbocycles. The molecule has 0 aromatic heterocycles. The Kier molecular flexibility index (Phi) is 5.79. The van der Waals surface area contributed by atoms with E-state index in [1.54, 1.807) is 0 Å². The Morgan fingerprint density at radius 2 is 1.77 bits per heavy atom. The van der Waals surface area contributed by atoms with E-state index in [9.17, 15) is 0 Å². The fourth-order valence-corrected chi connectivity index (χ4v) is 2.69. The molecule has 0 spiro atoms. The Balaban J connectivity index is 0.00000176. The number of halogens is 1. The molecule has 0 N–H and O–H groups in total. The van der Waals surface area contributed by atoms with Crippen LogP contribution in [0.3, 0.4) is 0 Å². The summed E-state index contributed by atoms with van der Waals surface area (Å²) in [7, 11) is 0. The van der Waals surface area contributed by atoms with E-state index in [0.29, 0.717) is 0 Å². The van der Waals surface area contributed by atoms with Crippen LogP contribution in [-0.2, 0) is 6.54 Å². The minimum Gasteiger partial charge on any atom is -1.00 e. The lowest BCUT2D eigenvalue weighted by Gasteiger charge is -2.20. The summed E-state index contributed by atoms with van der Waals surface area (Å²) >= 11 is 0. The quantitative estimate of drug-likeness (QED) is 0.757. The van der Waals surface area contributed by atoms with Crippen molar-refractivity contribution < 1.29 is 17.0 Å². The van der Waals surface area contributed by atoms with E-state index >= 15 is 0 Å². The molecule has 0 saturated heterocycles. The summed E-state index contributed by atoms with van der Waals surface area (Å²) in [5.74, 6) is 0. The lowest BCUT2D eigenvalue weighted by atomic mass is 10.1. The number of nitrogens with zero attached hydrogens (tertiary/aromatic N) is 2. The number of hydrogen-bond donors (Lipinski definition) is 0. The molecular formula is C19H21ClN2. The molecule has 0 bridgehead atoms. The van der Waals surface area contributed by atoms with E-state index in [-0.39, 0.29) is 12.4 Å². The molecule has 22 heavy (non-hydrogen) atoms. The summed E-state index contributed by atoms with van der Waals surface area (Å²) < 4.78 is 2.39. The van der Waals surface area contributed by atoms with Crippen LogP contribution in [0.2, 0.25) is 0 Å². The highest BCUT2D eigenvalue weighted by atomic mass is 35.5. The molecule has 0 fully saturated rings. The van der Waals surface area contributed by atoms with Crippen LogP contribution in [0, 0.1) is 0 Å². The standard InChI is InChI=1S/C19H21N2.ClH/c1-2-17-9-11-18(12-10-17)15-20-13-6-14-21(16-20)19-7-4-3-5-8-19;/h2-5,7-12,16H,1,6,13-15H2;1H/q+1;/p-1. The molecule has 0 saturated carbocycles. The topological polar surface area (TPSA) is 6.25 Å². The van der Waals surface area contributed by atoms with Crippen LogP contribution in [0.1, 0.15) is 17.5 Å². The molecule has 2 aromatic rings. The van der Waals surface area contributed by atoms with Gasteiger partial charge in [-0.1, -0.05) is 55.1 Å². The molecule has 3 heteroatoms. The summed E-state index contributed by atoms with van der Waals surface area (Å²) in [5.41, 5.74) is 3.78. The predicted molar refractivity (Wildman–Crippen MR) is 89.8 cm³/mol. The van der Waals surface area contributed by atoms with Crippen molar-refractivity contribution in [1.82, 2.24) is 0 Å². The van der Waals surface area contributed by atoms with Crippen molar-refractivity contribution in [3.05, 3.63) is 72.3 Å². The molecule has 1 aliphatic rings. The number of rotatable bonds is 4. The van der Waals surface area contributed by atoms with E-state index in [2.05, 4.69) is 77.0 Å². The second kappa shape index (κ2) is 7.81. The van der Waals surface area contributed by atoms with Gasteiger partial charge < -0.3 is 12.4 Å².